The van der Waals surface area contributed by atoms with Gasteiger partial charge in [0.25, 0.3) is 0 Å². The zero-order valence-corrected chi connectivity index (χ0v) is 18.9. The summed E-state index contributed by atoms with van der Waals surface area (Å²) < 4.78 is 7.57. The van der Waals surface area contributed by atoms with Crippen molar-refractivity contribution >= 4 is 35.1 Å². The number of aryl methyl sites for hydroxylation is 1. The maximum atomic E-state index is 12.3. The minimum atomic E-state index is -0.339. The Morgan fingerprint density at radius 3 is 2.74 bits per heavy atom. The van der Waals surface area contributed by atoms with Crippen LogP contribution < -0.4 is 15.4 Å². The van der Waals surface area contributed by atoms with Gasteiger partial charge in [-0.3, -0.25) is 14.9 Å². The smallest absolute Gasteiger partial charge is 0.320 e. The number of aliphatic hydroxyl groups excluding tert-OH is 1. The molecule has 0 bridgehead atoms. The summed E-state index contributed by atoms with van der Waals surface area (Å²) in [5, 5.41) is 20.7. The van der Waals surface area contributed by atoms with Gasteiger partial charge in [-0.15, -0.1) is 0 Å². The van der Waals surface area contributed by atoms with Crippen molar-refractivity contribution < 1.29 is 14.6 Å². The lowest BCUT2D eigenvalue weighted by atomic mass is 10.1. The van der Waals surface area contributed by atoms with Crippen LogP contribution in [0.5, 0.6) is 5.75 Å². The molecule has 31 heavy (non-hydrogen) atoms. The van der Waals surface area contributed by atoms with Crippen molar-refractivity contribution in [2.45, 2.75) is 37.3 Å². The zero-order valence-electron chi connectivity index (χ0n) is 17.4. The highest BCUT2D eigenvalue weighted by molar-refractivity contribution is 6.42. The van der Waals surface area contributed by atoms with Crippen molar-refractivity contribution in [2.75, 3.05) is 31.6 Å². The van der Waals surface area contributed by atoms with Crippen LogP contribution in [0.15, 0.2) is 24.3 Å². The number of nitrogens with one attached hydrogen (secondary N) is 2. The molecular formula is C21H27Cl2N5O3. The summed E-state index contributed by atoms with van der Waals surface area (Å²) in [5.41, 5.74) is 1.02. The van der Waals surface area contributed by atoms with Gasteiger partial charge in [-0.1, -0.05) is 23.2 Å². The monoisotopic (exact) mass is 467 g/mol. The molecule has 1 aliphatic carbocycles. The van der Waals surface area contributed by atoms with Gasteiger partial charge in [-0.25, -0.2) is 4.79 Å². The van der Waals surface area contributed by atoms with E-state index in [0.717, 1.165) is 38.2 Å². The van der Waals surface area contributed by atoms with Gasteiger partial charge >= 0.3 is 6.03 Å². The van der Waals surface area contributed by atoms with Gasteiger partial charge in [0.05, 0.1) is 28.4 Å². The van der Waals surface area contributed by atoms with Gasteiger partial charge in [0.15, 0.2) is 0 Å². The van der Waals surface area contributed by atoms with E-state index in [9.17, 15) is 9.90 Å². The molecule has 2 heterocycles. The molecule has 2 amide bonds. The Labute approximate surface area is 191 Å². The number of amides is 2. The Morgan fingerprint density at radius 2 is 2.06 bits per heavy atom. The van der Waals surface area contributed by atoms with Gasteiger partial charge in [0, 0.05) is 44.7 Å². The second-order valence-electron chi connectivity index (χ2n) is 8.19. The Balaban J connectivity index is 1.17. The molecule has 8 nitrogen and oxygen atoms in total. The first-order valence-electron chi connectivity index (χ1n) is 10.5. The molecule has 0 radical (unpaired) electrons. The molecule has 10 heteroatoms. The van der Waals surface area contributed by atoms with Crippen LogP contribution in [0.25, 0.3) is 0 Å². The second-order valence-corrected chi connectivity index (χ2v) is 9.01. The number of aliphatic hydroxyl groups is 1. The summed E-state index contributed by atoms with van der Waals surface area (Å²) in [5.74, 6) is 1.88. The first-order valence-corrected chi connectivity index (χ1v) is 11.2. The Kier molecular flexibility index (Phi) is 6.91. The molecule has 3 N–H and O–H groups in total. The van der Waals surface area contributed by atoms with E-state index in [1.807, 2.05) is 13.1 Å². The SMILES string of the molecule is Cn1nc(C2CC2)cc1NC(=O)N[C@H](CO)CCN1CC(Oc2ccc(Cl)c(Cl)c2)C1. The van der Waals surface area contributed by atoms with E-state index in [2.05, 4.69) is 20.6 Å². The van der Waals surface area contributed by atoms with Crippen LogP contribution in [0, 0.1) is 0 Å². The maximum Gasteiger partial charge on any atom is 0.320 e. The molecule has 168 valence electrons. The van der Waals surface area contributed by atoms with Crippen LogP contribution in [0.1, 0.15) is 30.9 Å². The lowest BCUT2D eigenvalue weighted by molar-refractivity contribution is 0.0168. The fraction of sp³-hybridized carbons (Fsp3) is 0.524. The van der Waals surface area contributed by atoms with Gasteiger partial charge in [0.2, 0.25) is 0 Å². The topological polar surface area (TPSA) is 91.7 Å². The van der Waals surface area contributed by atoms with Crippen molar-refractivity contribution in [3.05, 3.63) is 40.0 Å². The highest BCUT2D eigenvalue weighted by Crippen LogP contribution is 2.39. The Morgan fingerprint density at radius 1 is 1.29 bits per heavy atom. The first-order chi connectivity index (χ1) is 14.9. The van der Waals surface area contributed by atoms with Gasteiger partial charge in [-0.05, 0) is 31.4 Å². The third-order valence-electron chi connectivity index (χ3n) is 5.60. The predicted octanol–water partition coefficient (Wildman–Crippen LogP) is 3.24. The highest BCUT2D eigenvalue weighted by atomic mass is 35.5. The number of nitrogens with zero attached hydrogens (tertiary/aromatic N) is 3. The molecule has 0 unspecified atom stereocenters. The summed E-state index contributed by atoms with van der Waals surface area (Å²) in [6.07, 6.45) is 3.05. The molecule has 0 spiro atoms. The fourth-order valence-electron chi connectivity index (χ4n) is 3.59. The highest BCUT2D eigenvalue weighted by Gasteiger charge is 2.29. The number of anilines is 1. The normalized spacial score (nSPS) is 17.8. The maximum absolute atomic E-state index is 12.3. The number of likely N-dealkylation sites (tertiary alicyclic amines) is 1. The molecular weight excluding hydrogens is 441 g/mol. The summed E-state index contributed by atoms with van der Waals surface area (Å²) in [4.78, 5) is 14.6. The predicted molar refractivity (Wildman–Crippen MR) is 120 cm³/mol. The quantitative estimate of drug-likeness (QED) is 0.526. The average molecular weight is 468 g/mol. The van der Waals surface area contributed by atoms with E-state index < -0.39 is 0 Å². The number of rotatable bonds is 9. The molecule has 1 saturated heterocycles. The summed E-state index contributed by atoms with van der Waals surface area (Å²) in [6, 6.07) is 6.49. The van der Waals surface area contributed by atoms with Crippen molar-refractivity contribution in [1.82, 2.24) is 20.0 Å². The van der Waals surface area contributed by atoms with Gasteiger partial charge < -0.3 is 15.2 Å². The van der Waals surface area contributed by atoms with Crippen molar-refractivity contribution in [3.8, 4) is 5.75 Å². The fourth-order valence-corrected chi connectivity index (χ4v) is 3.88. The molecule has 4 rings (SSSR count). The molecule has 2 aromatic rings. The number of halogens is 2. The van der Waals surface area contributed by atoms with Crippen molar-refractivity contribution in [3.63, 3.8) is 0 Å². The summed E-state index contributed by atoms with van der Waals surface area (Å²) in [7, 11) is 1.81. The Bertz CT molecular complexity index is 928. The number of carbonyl (C=O) groups is 1. The number of urea groups is 1. The molecule has 2 aliphatic rings. The van der Waals surface area contributed by atoms with E-state index in [0.29, 0.717) is 34.0 Å². The van der Waals surface area contributed by atoms with Crippen LogP contribution in [0.4, 0.5) is 10.6 Å². The summed E-state index contributed by atoms with van der Waals surface area (Å²) in [6.45, 7) is 2.19. The van der Waals surface area contributed by atoms with Crippen LogP contribution in [-0.2, 0) is 7.05 Å². The van der Waals surface area contributed by atoms with E-state index in [4.69, 9.17) is 27.9 Å². The molecule has 1 saturated carbocycles. The first kappa shape index (κ1) is 22.2. The van der Waals surface area contributed by atoms with E-state index in [1.54, 1.807) is 22.9 Å². The largest absolute Gasteiger partial charge is 0.488 e. The van der Waals surface area contributed by atoms with Gasteiger partial charge in [-0.2, -0.15) is 5.10 Å². The Hall–Kier alpha value is -2.00. The number of hydrogen-bond donors (Lipinski definition) is 3. The number of carbonyl (C=O) groups excluding carboxylic acids is 1. The van der Waals surface area contributed by atoms with Gasteiger partial charge in [0.1, 0.15) is 17.7 Å². The van der Waals surface area contributed by atoms with E-state index >= 15 is 0 Å². The van der Waals surface area contributed by atoms with Crippen molar-refractivity contribution in [1.29, 1.82) is 0 Å². The van der Waals surface area contributed by atoms with Crippen LogP contribution in [-0.4, -0.2) is 64.2 Å². The number of benzene rings is 1. The van der Waals surface area contributed by atoms with E-state index in [-0.39, 0.29) is 24.8 Å². The minimum absolute atomic E-state index is 0.0894. The average Bonchev–Trinajstić information content (AvgIpc) is 3.49. The molecule has 1 atom stereocenters. The van der Waals surface area contributed by atoms with Crippen molar-refractivity contribution in [2.24, 2.45) is 7.05 Å². The molecule has 1 aromatic heterocycles. The lowest BCUT2D eigenvalue weighted by Crippen LogP contribution is -2.55. The second kappa shape index (κ2) is 9.65. The third kappa shape index (κ3) is 5.83. The molecule has 1 aliphatic heterocycles. The summed E-state index contributed by atoms with van der Waals surface area (Å²) >= 11 is 11.9. The third-order valence-corrected chi connectivity index (χ3v) is 6.34. The number of ether oxygens (including phenoxy) is 1. The number of hydrogen-bond acceptors (Lipinski definition) is 5. The van der Waals surface area contributed by atoms with Crippen LogP contribution in [0.3, 0.4) is 0 Å². The van der Waals surface area contributed by atoms with Crippen LogP contribution >= 0.6 is 23.2 Å². The lowest BCUT2D eigenvalue weighted by Gasteiger charge is -2.39. The minimum Gasteiger partial charge on any atom is -0.488 e. The van der Waals surface area contributed by atoms with Crippen LogP contribution in [0.2, 0.25) is 10.0 Å². The zero-order chi connectivity index (χ0) is 22.0. The van der Waals surface area contributed by atoms with E-state index in [1.165, 1.54) is 0 Å². The standard InChI is InChI=1S/C21H27Cl2N5O3/c1-27-20(9-19(26-27)13-2-3-13)25-21(30)24-14(12-29)6-7-28-10-16(11-28)31-15-4-5-17(22)18(23)8-15/h4-5,8-9,13-14,16,29H,2-3,6-7,10-12H2,1H3,(H2,24,25,30)/t14-/m0/s1. The number of aromatic nitrogens is 2. The molecule has 1 aromatic carbocycles. The molecule has 2 fully saturated rings.